The summed E-state index contributed by atoms with van der Waals surface area (Å²) in [6, 6.07) is 1.10. The second kappa shape index (κ2) is 4.83. The number of halogens is 3. The Balaban J connectivity index is 2.09. The molecule has 0 radical (unpaired) electrons. The van der Waals surface area contributed by atoms with Gasteiger partial charge in [-0.2, -0.15) is 4.31 Å². The molecular weight excluding hydrogens is 371 g/mol. The first-order valence-electron chi connectivity index (χ1n) is 6.27. The first-order chi connectivity index (χ1) is 9.32. The summed E-state index contributed by atoms with van der Waals surface area (Å²) in [6.07, 6.45) is 2.74. The highest BCUT2D eigenvalue weighted by molar-refractivity contribution is 9.10. The van der Waals surface area contributed by atoms with Gasteiger partial charge in [0.15, 0.2) is 5.82 Å². The van der Waals surface area contributed by atoms with Crippen molar-refractivity contribution < 1.29 is 12.8 Å². The van der Waals surface area contributed by atoms with Crippen molar-refractivity contribution >= 4 is 43.2 Å². The minimum absolute atomic E-state index is 0.0203. The molecule has 1 heterocycles. The van der Waals surface area contributed by atoms with E-state index < -0.39 is 20.7 Å². The molecule has 110 valence electrons. The first kappa shape index (κ1) is 14.6. The van der Waals surface area contributed by atoms with E-state index in [2.05, 4.69) is 15.9 Å². The molecule has 1 saturated carbocycles. The van der Waals surface area contributed by atoms with Crippen molar-refractivity contribution in [2.75, 3.05) is 12.3 Å². The molecule has 1 aliphatic heterocycles. The van der Waals surface area contributed by atoms with E-state index in [1.807, 2.05) is 0 Å². The van der Waals surface area contributed by atoms with Crippen LogP contribution in [0.2, 0.25) is 5.02 Å². The summed E-state index contributed by atoms with van der Waals surface area (Å²) in [5.41, 5.74) is 5.29. The number of hydrogen-bond donors (Lipinski definition) is 1. The van der Waals surface area contributed by atoms with Crippen molar-refractivity contribution in [3.63, 3.8) is 0 Å². The number of benzene rings is 1. The SMILES string of the molecule is Nc1c(F)c(S(=O)(=O)N2CC3CCC2C3)cc(Cl)c1Br. The van der Waals surface area contributed by atoms with E-state index in [0.717, 1.165) is 25.3 Å². The van der Waals surface area contributed by atoms with Crippen molar-refractivity contribution in [1.82, 2.24) is 4.31 Å². The fraction of sp³-hybridized carbons (Fsp3) is 0.500. The molecule has 1 aromatic carbocycles. The van der Waals surface area contributed by atoms with Gasteiger partial charge in [0.1, 0.15) is 4.90 Å². The zero-order chi connectivity index (χ0) is 14.7. The van der Waals surface area contributed by atoms with Crippen LogP contribution in [0.15, 0.2) is 15.4 Å². The average molecular weight is 384 g/mol. The van der Waals surface area contributed by atoms with Gasteiger partial charge >= 0.3 is 0 Å². The second-order valence-electron chi connectivity index (χ2n) is 5.31. The molecule has 1 aromatic rings. The van der Waals surface area contributed by atoms with Crippen LogP contribution in [0.5, 0.6) is 0 Å². The number of anilines is 1. The number of rotatable bonds is 2. The maximum atomic E-state index is 14.2. The molecule has 1 aliphatic carbocycles. The molecule has 2 fully saturated rings. The highest BCUT2D eigenvalue weighted by Gasteiger charge is 2.45. The van der Waals surface area contributed by atoms with E-state index in [1.165, 1.54) is 4.31 Å². The summed E-state index contributed by atoms with van der Waals surface area (Å²) in [4.78, 5) is -0.434. The van der Waals surface area contributed by atoms with Crippen molar-refractivity contribution in [2.45, 2.75) is 30.2 Å². The van der Waals surface area contributed by atoms with Crippen LogP contribution in [0.4, 0.5) is 10.1 Å². The van der Waals surface area contributed by atoms with E-state index in [9.17, 15) is 12.8 Å². The van der Waals surface area contributed by atoms with Crippen LogP contribution in [-0.2, 0) is 10.0 Å². The molecule has 1 saturated heterocycles. The Bertz CT molecular complexity index is 683. The van der Waals surface area contributed by atoms with Crippen LogP contribution in [0.1, 0.15) is 19.3 Å². The summed E-state index contributed by atoms with van der Waals surface area (Å²) < 4.78 is 41.0. The molecule has 20 heavy (non-hydrogen) atoms. The van der Waals surface area contributed by atoms with Gasteiger partial charge in [0.25, 0.3) is 0 Å². The molecule has 0 aromatic heterocycles. The van der Waals surface area contributed by atoms with E-state index in [1.54, 1.807) is 0 Å². The number of piperidine rings is 1. The highest BCUT2D eigenvalue weighted by Crippen LogP contribution is 2.42. The monoisotopic (exact) mass is 382 g/mol. The Kier molecular flexibility index (Phi) is 3.52. The summed E-state index contributed by atoms with van der Waals surface area (Å²) in [5.74, 6) is -0.551. The summed E-state index contributed by atoms with van der Waals surface area (Å²) in [5, 5.41) is 0.0897. The molecule has 2 bridgehead atoms. The fourth-order valence-corrected chi connectivity index (χ4v) is 5.50. The van der Waals surface area contributed by atoms with Crippen LogP contribution in [0.25, 0.3) is 0 Å². The van der Waals surface area contributed by atoms with Crippen LogP contribution in [0, 0.1) is 11.7 Å². The highest BCUT2D eigenvalue weighted by atomic mass is 79.9. The zero-order valence-corrected chi connectivity index (χ0v) is 13.6. The number of nitrogen functional groups attached to an aromatic ring is 1. The third-order valence-corrected chi connectivity index (χ3v) is 7.40. The van der Waals surface area contributed by atoms with Gasteiger partial charge in [-0.3, -0.25) is 0 Å². The van der Waals surface area contributed by atoms with Gasteiger partial charge < -0.3 is 5.73 Å². The minimum atomic E-state index is -3.89. The van der Waals surface area contributed by atoms with Crippen molar-refractivity contribution in [3.05, 3.63) is 21.4 Å². The molecule has 2 unspecified atom stereocenters. The molecule has 0 amide bonds. The predicted molar refractivity (Wildman–Crippen MR) is 78.5 cm³/mol. The average Bonchev–Trinajstić information content (AvgIpc) is 3.03. The Hall–Kier alpha value is -0.370. The van der Waals surface area contributed by atoms with E-state index >= 15 is 0 Å². The fourth-order valence-electron chi connectivity index (χ4n) is 3.09. The van der Waals surface area contributed by atoms with Crippen molar-refractivity contribution in [3.8, 4) is 0 Å². The van der Waals surface area contributed by atoms with Crippen LogP contribution >= 0.6 is 27.5 Å². The third kappa shape index (κ3) is 2.06. The lowest BCUT2D eigenvalue weighted by atomic mass is 10.1. The summed E-state index contributed by atoms with van der Waals surface area (Å²) in [6.45, 7) is 0.458. The standard InChI is InChI=1S/C12H13BrClFN2O2S/c13-10-8(14)4-9(11(15)12(10)16)20(18,19)17-5-6-1-2-7(17)3-6/h4,6-7H,1-3,5,16H2. The van der Waals surface area contributed by atoms with Crippen LogP contribution in [0.3, 0.4) is 0 Å². The smallest absolute Gasteiger partial charge is 0.246 e. The van der Waals surface area contributed by atoms with Crippen LogP contribution in [-0.4, -0.2) is 25.3 Å². The third-order valence-electron chi connectivity index (χ3n) is 4.10. The quantitative estimate of drug-likeness (QED) is 0.631. The Morgan fingerprint density at radius 1 is 1.45 bits per heavy atom. The second-order valence-corrected chi connectivity index (χ2v) is 8.36. The Labute approximate surface area is 130 Å². The largest absolute Gasteiger partial charge is 0.395 e. The topological polar surface area (TPSA) is 63.4 Å². The lowest BCUT2D eigenvalue weighted by molar-refractivity contribution is 0.332. The molecule has 2 atom stereocenters. The zero-order valence-electron chi connectivity index (χ0n) is 10.4. The van der Waals surface area contributed by atoms with Gasteiger partial charge in [0.2, 0.25) is 10.0 Å². The molecular formula is C12H13BrClFN2O2S. The molecule has 2 N–H and O–H groups in total. The molecule has 4 nitrogen and oxygen atoms in total. The van der Waals surface area contributed by atoms with E-state index in [4.69, 9.17) is 17.3 Å². The Morgan fingerprint density at radius 2 is 2.15 bits per heavy atom. The lowest BCUT2D eigenvalue weighted by Gasteiger charge is -2.26. The summed E-state index contributed by atoms with van der Waals surface area (Å²) >= 11 is 8.95. The maximum absolute atomic E-state index is 14.2. The van der Waals surface area contributed by atoms with Gasteiger partial charge in [-0.05, 0) is 47.2 Å². The number of sulfonamides is 1. The molecule has 0 spiro atoms. The number of nitrogens with zero attached hydrogens (tertiary/aromatic N) is 1. The number of fused-ring (bicyclic) bond motifs is 2. The Morgan fingerprint density at radius 3 is 2.70 bits per heavy atom. The molecule has 2 aliphatic rings. The summed E-state index contributed by atoms with van der Waals surface area (Å²) in [7, 11) is -3.89. The van der Waals surface area contributed by atoms with Gasteiger partial charge in [0, 0.05) is 12.6 Å². The minimum Gasteiger partial charge on any atom is -0.395 e. The van der Waals surface area contributed by atoms with Gasteiger partial charge in [0.05, 0.1) is 15.2 Å². The van der Waals surface area contributed by atoms with Crippen LogP contribution < -0.4 is 5.73 Å². The normalized spacial score (nSPS) is 26.4. The lowest BCUT2D eigenvalue weighted by Crippen LogP contribution is -2.38. The van der Waals surface area contributed by atoms with Crippen molar-refractivity contribution in [2.24, 2.45) is 5.92 Å². The van der Waals surface area contributed by atoms with Gasteiger partial charge in [-0.1, -0.05) is 11.6 Å². The first-order valence-corrected chi connectivity index (χ1v) is 8.88. The number of hydrogen-bond acceptors (Lipinski definition) is 3. The van der Waals surface area contributed by atoms with Gasteiger partial charge in [-0.25, -0.2) is 12.8 Å². The predicted octanol–water partition coefficient (Wildman–Crippen LogP) is 3.00. The van der Waals surface area contributed by atoms with Gasteiger partial charge in [-0.15, -0.1) is 0 Å². The van der Waals surface area contributed by atoms with E-state index in [-0.39, 0.29) is 21.2 Å². The van der Waals surface area contributed by atoms with E-state index in [0.29, 0.717) is 12.5 Å². The van der Waals surface area contributed by atoms with Crippen molar-refractivity contribution in [1.29, 1.82) is 0 Å². The molecule has 8 heteroatoms. The number of nitrogens with two attached hydrogens (primary N) is 1. The maximum Gasteiger partial charge on any atom is 0.246 e. The molecule has 3 rings (SSSR count).